The monoisotopic (exact) mass is 290 g/mol. The number of aryl methyl sites for hydroxylation is 2. The van der Waals surface area contributed by atoms with Gasteiger partial charge in [0.2, 0.25) is 0 Å². The highest BCUT2D eigenvalue weighted by atomic mass is 16.5. The van der Waals surface area contributed by atoms with Crippen LogP contribution < -0.4 is 10.5 Å². The van der Waals surface area contributed by atoms with Crippen molar-refractivity contribution in [2.45, 2.75) is 40.2 Å². The number of amides is 1. The fourth-order valence-corrected chi connectivity index (χ4v) is 2.68. The summed E-state index contributed by atoms with van der Waals surface area (Å²) in [6.07, 6.45) is 0.849. The van der Waals surface area contributed by atoms with Gasteiger partial charge in [0, 0.05) is 19.1 Å². The smallest absolute Gasteiger partial charge is 0.260 e. The van der Waals surface area contributed by atoms with E-state index in [0.29, 0.717) is 6.54 Å². The highest BCUT2D eigenvalue weighted by molar-refractivity contribution is 5.78. The zero-order valence-electron chi connectivity index (χ0n) is 13.5. The molecule has 4 heteroatoms. The van der Waals surface area contributed by atoms with Crippen LogP contribution in [0, 0.1) is 19.3 Å². The summed E-state index contributed by atoms with van der Waals surface area (Å²) in [6.45, 7) is 9.74. The molecule has 0 saturated carbocycles. The van der Waals surface area contributed by atoms with Crippen molar-refractivity contribution < 1.29 is 9.53 Å². The maximum atomic E-state index is 12.3. The third kappa shape index (κ3) is 3.76. The number of carbonyl (C=O) groups is 1. The topological polar surface area (TPSA) is 55.6 Å². The lowest BCUT2D eigenvalue weighted by atomic mass is 9.80. The van der Waals surface area contributed by atoms with Crippen LogP contribution in [0.25, 0.3) is 0 Å². The number of nitrogens with zero attached hydrogens (tertiary/aromatic N) is 1. The second-order valence-corrected chi connectivity index (χ2v) is 6.76. The molecule has 0 bridgehead atoms. The highest BCUT2D eigenvalue weighted by Gasteiger charge is 2.35. The van der Waals surface area contributed by atoms with Gasteiger partial charge in [-0.15, -0.1) is 0 Å². The molecule has 0 radical (unpaired) electrons. The van der Waals surface area contributed by atoms with Crippen molar-refractivity contribution in [1.82, 2.24) is 4.90 Å². The van der Waals surface area contributed by atoms with E-state index in [1.165, 1.54) is 0 Å². The molecule has 21 heavy (non-hydrogen) atoms. The standard InChI is InChI=1S/C17H26N2O2/c1-12-5-6-13(2)14(9-12)21-10-16(20)19-8-7-15(18)17(3,4)11-19/h5-6,9,15H,7-8,10-11,18H2,1-4H3. The molecular weight excluding hydrogens is 264 g/mol. The molecule has 0 aliphatic carbocycles. The van der Waals surface area contributed by atoms with E-state index in [4.69, 9.17) is 10.5 Å². The average molecular weight is 290 g/mol. The summed E-state index contributed by atoms with van der Waals surface area (Å²) < 4.78 is 5.71. The van der Waals surface area contributed by atoms with Crippen molar-refractivity contribution in [3.8, 4) is 5.75 Å². The molecule has 1 atom stereocenters. The van der Waals surface area contributed by atoms with E-state index < -0.39 is 0 Å². The predicted octanol–water partition coefficient (Wildman–Crippen LogP) is 2.27. The summed E-state index contributed by atoms with van der Waals surface area (Å²) in [4.78, 5) is 14.2. The molecule has 1 heterocycles. The molecule has 1 aliphatic heterocycles. The number of nitrogens with two attached hydrogens (primary N) is 1. The molecule has 116 valence electrons. The first kappa shape index (κ1) is 15.8. The SMILES string of the molecule is Cc1ccc(C)c(OCC(=O)N2CCC(N)C(C)(C)C2)c1. The first-order chi connectivity index (χ1) is 9.79. The van der Waals surface area contributed by atoms with Crippen molar-refractivity contribution in [2.24, 2.45) is 11.1 Å². The molecule has 4 nitrogen and oxygen atoms in total. The number of piperidine rings is 1. The third-order valence-corrected chi connectivity index (χ3v) is 4.36. The van der Waals surface area contributed by atoms with Crippen LogP contribution in [0.2, 0.25) is 0 Å². The average Bonchev–Trinajstić information content (AvgIpc) is 2.42. The summed E-state index contributed by atoms with van der Waals surface area (Å²) in [5.74, 6) is 0.826. The Morgan fingerprint density at radius 2 is 2.14 bits per heavy atom. The van der Waals surface area contributed by atoms with Gasteiger partial charge in [-0.05, 0) is 42.9 Å². The minimum Gasteiger partial charge on any atom is -0.483 e. The van der Waals surface area contributed by atoms with Crippen molar-refractivity contribution in [2.75, 3.05) is 19.7 Å². The second kappa shape index (κ2) is 6.06. The van der Waals surface area contributed by atoms with Crippen LogP contribution in [0.4, 0.5) is 0 Å². The third-order valence-electron chi connectivity index (χ3n) is 4.36. The quantitative estimate of drug-likeness (QED) is 0.929. The molecule has 1 amide bonds. The normalized spacial score (nSPS) is 21.2. The van der Waals surface area contributed by atoms with Crippen LogP contribution in [0.5, 0.6) is 5.75 Å². The fraction of sp³-hybridized carbons (Fsp3) is 0.588. The summed E-state index contributed by atoms with van der Waals surface area (Å²) >= 11 is 0. The first-order valence-corrected chi connectivity index (χ1v) is 7.53. The largest absolute Gasteiger partial charge is 0.483 e. The van der Waals surface area contributed by atoms with E-state index in [0.717, 1.165) is 29.8 Å². The Morgan fingerprint density at radius 1 is 1.43 bits per heavy atom. The van der Waals surface area contributed by atoms with Crippen LogP contribution in [0.1, 0.15) is 31.4 Å². The molecule has 0 spiro atoms. The molecule has 1 unspecified atom stereocenters. The van der Waals surface area contributed by atoms with Gasteiger partial charge in [-0.1, -0.05) is 26.0 Å². The van der Waals surface area contributed by atoms with Gasteiger partial charge >= 0.3 is 0 Å². The molecule has 1 aromatic carbocycles. The zero-order chi connectivity index (χ0) is 15.6. The summed E-state index contributed by atoms with van der Waals surface area (Å²) in [6, 6.07) is 6.18. The van der Waals surface area contributed by atoms with Gasteiger partial charge < -0.3 is 15.4 Å². The molecule has 2 N–H and O–H groups in total. The van der Waals surface area contributed by atoms with E-state index >= 15 is 0 Å². The molecule has 1 aliphatic rings. The van der Waals surface area contributed by atoms with Crippen molar-refractivity contribution in [3.63, 3.8) is 0 Å². The number of hydrogen-bond donors (Lipinski definition) is 1. The number of likely N-dealkylation sites (tertiary alicyclic amines) is 1. The molecule has 1 saturated heterocycles. The van der Waals surface area contributed by atoms with Gasteiger partial charge in [-0.2, -0.15) is 0 Å². The van der Waals surface area contributed by atoms with Crippen molar-refractivity contribution in [3.05, 3.63) is 29.3 Å². The Hall–Kier alpha value is -1.55. The first-order valence-electron chi connectivity index (χ1n) is 7.53. The lowest BCUT2D eigenvalue weighted by Gasteiger charge is -2.42. The zero-order valence-corrected chi connectivity index (χ0v) is 13.5. The van der Waals surface area contributed by atoms with Crippen LogP contribution in [-0.2, 0) is 4.79 Å². The van der Waals surface area contributed by atoms with Gasteiger partial charge in [-0.25, -0.2) is 0 Å². The lowest BCUT2D eigenvalue weighted by Crippen LogP contribution is -2.54. The second-order valence-electron chi connectivity index (χ2n) is 6.76. The highest BCUT2D eigenvalue weighted by Crippen LogP contribution is 2.28. The molecule has 1 aromatic rings. The Balaban J connectivity index is 1.95. The predicted molar refractivity (Wildman–Crippen MR) is 84.4 cm³/mol. The number of ether oxygens (including phenoxy) is 1. The Labute approximate surface area is 127 Å². The summed E-state index contributed by atoms with van der Waals surface area (Å²) in [7, 11) is 0. The van der Waals surface area contributed by atoms with E-state index in [-0.39, 0.29) is 24.0 Å². The van der Waals surface area contributed by atoms with Gasteiger partial charge in [0.15, 0.2) is 6.61 Å². The lowest BCUT2D eigenvalue weighted by molar-refractivity contribution is -0.136. The van der Waals surface area contributed by atoms with Crippen LogP contribution in [0.3, 0.4) is 0 Å². The number of hydrogen-bond acceptors (Lipinski definition) is 3. The van der Waals surface area contributed by atoms with Gasteiger partial charge in [-0.3, -0.25) is 4.79 Å². The van der Waals surface area contributed by atoms with E-state index in [1.54, 1.807) is 0 Å². The minimum atomic E-state index is -0.0346. The van der Waals surface area contributed by atoms with E-state index in [9.17, 15) is 4.79 Å². The molecule has 1 fully saturated rings. The van der Waals surface area contributed by atoms with Crippen molar-refractivity contribution >= 4 is 5.91 Å². The number of rotatable bonds is 3. The minimum absolute atomic E-state index is 0.0346. The Kier molecular flexibility index (Phi) is 4.57. The van der Waals surface area contributed by atoms with E-state index in [1.807, 2.05) is 36.9 Å². The molecule has 2 rings (SSSR count). The maximum Gasteiger partial charge on any atom is 0.260 e. The summed E-state index contributed by atoms with van der Waals surface area (Å²) in [5.41, 5.74) is 8.26. The van der Waals surface area contributed by atoms with Crippen LogP contribution >= 0.6 is 0 Å². The van der Waals surface area contributed by atoms with Gasteiger partial charge in [0.05, 0.1) is 0 Å². The summed E-state index contributed by atoms with van der Waals surface area (Å²) in [5, 5.41) is 0. The Bertz CT molecular complexity index is 526. The van der Waals surface area contributed by atoms with Crippen LogP contribution in [-0.4, -0.2) is 36.5 Å². The molecule has 0 aromatic heterocycles. The van der Waals surface area contributed by atoms with Gasteiger partial charge in [0.25, 0.3) is 5.91 Å². The fourth-order valence-electron chi connectivity index (χ4n) is 2.68. The maximum absolute atomic E-state index is 12.3. The number of carbonyl (C=O) groups excluding carboxylic acids is 1. The Morgan fingerprint density at radius 3 is 2.81 bits per heavy atom. The van der Waals surface area contributed by atoms with E-state index in [2.05, 4.69) is 13.8 Å². The molecular formula is C17H26N2O2. The number of benzene rings is 1. The van der Waals surface area contributed by atoms with Crippen LogP contribution in [0.15, 0.2) is 18.2 Å². The van der Waals surface area contributed by atoms with Crippen molar-refractivity contribution in [1.29, 1.82) is 0 Å². The van der Waals surface area contributed by atoms with Gasteiger partial charge in [0.1, 0.15) is 5.75 Å².